The summed E-state index contributed by atoms with van der Waals surface area (Å²) in [5.41, 5.74) is -1.60. The number of aromatic nitrogens is 4. The summed E-state index contributed by atoms with van der Waals surface area (Å²) >= 11 is 12.2. The Morgan fingerprint density at radius 2 is 1.62 bits per heavy atom. The van der Waals surface area contributed by atoms with Crippen LogP contribution in [0.1, 0.15) is 0 Å². The van der Waals surface area contributed by atoms with Gasteiger partial charge in [-0.3, -0.25) is 9.36 Å². The molecule has 0 atom stereocenters. The van der Waals surface area contributed by atoms with Crippen LogP contribution in [0.25, 0.3) is 22.8 Å². The summed E-state index contributed by atoms with van der Waals surface area (Å²) in [6.07, 6.45) is 2.89. The zero-order valence-corrected chi connectivity index (χ0v) is 15.8. The average Bonchev–Trinajstić information content (AvgIpc) is 3.19. The van der Waals surface area contributed by atoms with Crippen LogP contribution in [0.3, 0.4) is 0 Å². The third-order valence-corrected chi connectivity index (χ3v) is 4.58. The third kappa shape index (κ3) is 3.41. The van der Waals surface area contributed by atoms with Crippen LogP contribution in [0, 0.1) is 17.5 Å². The van der Waals surface area contributed by atoms with Crippen LogP contribution in [0.2, 0.25) is 10.2 Å². The third-order valence-electron chi connectivity index (χ3n) is 4.07. The molecule has 0 saturated heterocycles. The van der Waals surface area contributed by atoms with Crippen molar-refractivity contribution in [3.63, 3.8) is 0 Å². The topological polar surface area (TPSA) is 52.7 Å². The van der Waals surface area contributed by atoms with Crippen molar-refractivity contribution in [1.82, 2.24) is 19.3 Å². The Kier molecular flexibility index (Phi) is 4.89. The number of hydrogen-bond donors (Lipinski definition) is 0. The molecule has 0 radical (unpaired) electrons. The zero-order chi connectivity index (χ0) is 20.7. The van der Waals surface area contributed by atoms with E-state index >= 15 is 0 Å². The van der Waals surface area contributed by atoms with Gasteiger partial charge in [0.15, 0.2) is 5.15 Å². The Balaban J connectivity index is 2.13. The molecule has 4 aromatic rings. The number of nitrogens with zero attached hydrogens (tertiary/aromatic N) is 4. The van der Waals surface area contributed by atoms with Crippen molar-refractivity contribution in [1.29, 1.82) is 0 Å². The maximum atomic E-state index is 14.5. The molecule has 0 fully saturated rings. The van der Waals surface area contributed by atoms with Gasteiger partial charge in [0.2, 0.25) is 5.82 Å². The van der Waals surface area contributed by atoms with Crippen LogP contribution < -0.4 is 5.56 Å². The monoisotopic (exact) mass is 436 g/mol. The van der Waals surface area contributed by atoms with Crippen LogP contribution in [0.5, 0.6) is 0 Å². The first kappa shape index (κ1) is 19.2. The minimum absolute atomic E-state index is 0.193. The summed E-state index contributed by atoms with van der Waals surface area (Å²) in [6, 6.07) is 8.47. The van der Waals surface area contributed by atoms with Crippen LogP contribution in [-0.4, -0.2) is 19.3 Å². The molecule has 0 N–H and O–H groups in total. The molecule has 0 spiro atoms. The van der Waals surface area contributed by atoms with Crippen LogP contribution >= 0.6 is 23.2 Å². The molecule has 0 bridgehead atoms. The summed E-state index contributed by atoms with van der Waals surface area (Å²) < 4.78 is 44.6. The highest BCUT2D eigenvalue weighted by atomic mass is 35.5. The van der Waals surface area contributed by atoms with E-state index < -0.39 is 28.6 Å². The second-order valence-electron chi connectivity index (χ2n) is 5.89. The molecule has 10 heteroatoms. The van der Waals surface area contributed by atoms with E-state index in [4.69, 9.17) is 23.2 Å². The van der Waals surface area contributed by atoms with E-state index in [1.165, 1.54) is 41.3 Å². The van der Waals surface area contributed by atoms with Gasteiger partial charge in [-0.1, -0.05) is 23.2 Å². The summed E-state index contributed by atoms with van der Waals surface area (Å²) in [6.45, 7) is 0. The molecule has 5 nitrogen and oxygen atoms in total. The van der Waals surface area contributed by atoms with Crippen molar-refractivity contribution >= 4 is 23.2 Å². The molecular weight excluding hydrogens is 428 g/mol. The Bertz CT molecular complexity index is 1250. The molecule has 0 saturated carbocycles. The number of rotatable bonds is 3. The molecule has 2 heterocycles. The highest BCUT2D eigenvalue weighted by Crippen LogP contribution is 2.33. The predicted octanol–water partition coefficient (Wildman–Crippen LogP) is 4.81. The van der Waals surface area contributed by atoms with E-state index in [1.54, 1.807) is 6.07 Å². The molecule has 146 valence electrons. The fourth-order valence-corrected chi connectivity index (χ4v) is 3.24. The molecule has 2 aromatic heterocycles. The van der Waals surface area contributed by atoms with Gasteiger partial charge in [0.1, 0.15) is 17.5 Å². The van der Waals surface area contributed by atoms with Crippen molar-refractivity contribution in [3.05, 3.63) is 92.8 Å². The van der Waals surface area contributed by atoms with Gasteiger partial charge in [-0.05, 0) is 30.3 Å². The fourth-order valence-electron chi connectivity index (χ4n) is 2.85. The standard InChI is InChI=1S/C19H9Cl2F3N4O/c20-10-2-4-12(5-3-10)28-16(15-13(23)8-11(22)9-14(15)24)17(21)26-18(19(28)29)27-7-1-6-25-27/h1-9H. The van der Waals surface area contributed by atoms with Gasteiger partial charge in [0, 0.05) is 35.2 Å². The molecule has 0 aliphatic heterocycles. The highest BCUT2D eigenvalue weighted by molar-refractivity contribution is 6.32. The van der Waals surface area contributed by atoms with Crippen molar-refractivity contribution in [2.45, 2.75) is 0 Å². The lowest BCUT2D eigenvalue weighted by Crippen LogP contribution is -2.27. The molecule has 4 rings (SSSR count). The molecule has 0 aliphatic rings. The van der Waals surface area contributed by atoms with Gasteiger partial charge in [-0.25, -0.2) is 22.8 Å². The first-order valence-electron chi connectivity index (χ1n) is 8.10. The van der Waals surface area contributed by atoms with Gasteiger partial charge in [-0.2, -0.15) is 5.10 Å². The molecule has 0 aliphatic carbocycles. The van der Waals surface area contributed by atoms with E-state index in [0.29, 0.717) is 17.2 Å². The smallest absolute Gasteiger partial charge is 0.270 e. The SMILES string of the molecule is O=c1c(-n2cccn2)nc(Cl)c(-c2c(F)cc(F)cc2F)n1-c1ccc(Cl)cc1. The van der Waals surface area contributed by atoms with Crippen molar-refractivity contribution < 1.29 is 13.2 Å². The first-order valence-corrected chi connectivity index (χ1v) is 8.86. The molecule has 29 heavy (non-hydrogen) atoms. The number of hydrogen-bond acceptors (Lipinski definition) is 3. The highest BCUT2D eigenvalue weighted by Gasteiger charge is 2.25. The second kappa shape index (κ2) is 7.38. The van der Waals surface area contributed by atoms with Crippen LogP contribution in [0.15, 0.2) is 59.7 Å². The van der Waals surface area contributed by atoms with Gasteiger partial charge < -0.3 is 0 Å². The lowest BCUT2D eigenvalue weighted by Gasteiger charge is -2.17. The van der Waals surface area contributed by atoms with E-state index in [1.807, 2.05) is 0 Å². The maximum Gasteiger partial charge on any atom is 0.300 e. The number of benzene rings is 2. The lowest BCUT2D eigenvalue weighted by molar-refractivity contribution is 0.546. The zero-order valence-electron chi connectivity index (χ0n) is 14.3. The van der Waals surface area contributed by atoms with E-state index in [-0.39, 0.29) is 22.4 Å². The largest absolute Gasteiger partial charge is 0.300 e. The normalized spacial score (nSPS) is 11.1. The van der Waals surface area contributed by atoms with Crippen molar-refractivity contribution in [3.8, 4) is 22.8 Å². The molecule has 0 amide bonds. The fraction of sp³-hybridized carbons (Fsp3) is 0. The minimum atomic E-state index is -1.24. The minimum Gasteiger partial charge on any atom is -0.270 e. The van der Waals surface area contributed by atoms with Crippen LogP contribution in [-0.2, 0) is 0 Å². The Morgan fingerprint density at radius 3 is 2.21 bits per heavy atom. The van der Waals surface area contributed by atoms with Crippen molar-refractivity contribution in [2.24, 2.45) is 0 Å². The van der Waals surface area contributed by atoms with E-state index in [9.17, 15) is 18.0 Å². The van der Waals surface area contributed by atoms with Gasteiger partial charge >= 0.3 is 5.56 Å². The second-order valence-corrected chi connectivity index (χ2v) is 6.68. The summed E-state index contributed by atoms with van der Waals surface area (Å²) in [4.78, 5) is 17.2. The quantitative estimate of drug-likeness (QED) is 0.463. The summed E-state index contributed by atoms with van der Waals surface area (Å²) in [5, 5.41) is 3.95. The number of halogens is 5. The van der Waals surface area contributed by atoms with E-state index in [0.717, 1.165) is 4.57 Å². The van der Waals surface area contributed by atoms with E-state index in [2.05, 4.69) is 10.1 Å². The predicted molar refractivity (Wildman–Crippen MR) is 102 cm³/mol. The molecular formula is C19H9Cl2F3N4O. The average molecular weight is 437 g/mol. The Labute approximate surface area is 171 Å². The summed E-state index contributed by atoms with van der Waals surface area (Å²) in [7, 11) is 0. The summed E-state index contributed by atoms with van der Waals surface area (Å²) in [5.74, 6) is -3.77. The maximum absolute atomic E-state index is 14.5. The van der Waals surface area contributed by atoms with Gasteiger partial charge in [-0.15, -0.1) is 0 Å². The lowest BCUT2D eigenvalue weighted by atomic mass is 10.1. The molecule has 0 unspecified atom stereocenters. The first-order chi connectivity index (χ1) is 13.9. The Morgan fingerprint density at radius 1 is 0.966 bits per heavy atom. The van der Waals surface area contributed by atoms with Crippen LogP contribution in [0.4, 0.5) is 13.2 Å². The van der Waals surface area contributed by atoms with Crippen molar-refractivity contribution in [2.75, 3.05) is 0 Å². The van der Waals surface area contributed by atoms with Gasteiger partial charge in [0.25, 0.3) is 0 Å². The Hall–Kier alpha value is -3.10. The van der Waals surface area contributed by atoms with Gasteiger partial charge in [0.05, 0.1) is 11.3 Å². The molecule has 2 aromatic carbocycles.